The van der Waals surface area contributed by atoms with Gasteiger partial charge in [-0.2, -0.15) is 26.3 Å². The van der Waals surface area contributed by atoms with Crippen molar-refractivity contribution in [2.24, 2.45) is 0 Å². The molecule has 0 aromatic carbocycles. The Labute approximate surface area is 109 Å². The molecule has 0 aliphatic heterocycles. The maximum atomic E-state index is 12.4. The Morgan fingerprint density at radius 3 is 1.21 bits per heavy atom. The second kappa shape index (κ2) is 6.44. The van der Waals surface area contributed by atoms with Gasteiger partial charge in [0.1, 0.15) is 0 Å². The van der Waals surface area contributed by atoms with Crippen LogP contribution in [0.15, 0.2) is 0 Å². The van der Waals surface area contributed by atoms with Crippen molar-refractivity contribution in [3.05, 3.63) is 0 Å². The molecule has 0 aromatic heterocycles. The van der Waals surface area contributed by atoms with Gasteiger partial charge in [0.25, 0.3) is 0 Å². The lowest BCUT2D eigenvalue weighted by Crippen LogP contribution is -2.50. The van der Waals surface area contributed by atoms with E-state index in [0.717, 1.165) is 14.2 Å². The SMILES string of the molecule is CO[Si](OC)(C(C)CC(F)(F)F)C(C)CC(F)(F)F. The van der Waals surface area contributed by atoms with Crippen LogP contribution in [0.2, 0.25) is 11.1 Å². The summed E-state index contributed by atoms with van der Waals surface area (Å²) >= 11 is 0. The van der Waals surface area contributed by atoms with Crippen molar-refractivity contribution in [1.29, 1.82) is 0 Å². The third kappa shape index (κ3) is 5.70. The molecule has 0 bridgehead atoms. The fraction of sp³-hybridized carbons (Fsp3) is 1.00. The zero-order valence-corrected chi connectivity index (χ0v) is 12.2. The minimum atomic E-state index is -4.47. The van der Waals surface area contributed by atoms with Gasteiger partial charge in [-0.3, -0.25) is 0 Å². The van der Waals surface area contributed by atoms with Crippen LogP contribution < -0.4 is 0 Å². The standard InChI is InChI=1S/C10H18F6O2Si/c1-7(5-9(11,12)13)19(17-3,18-4)8(2)6-10(14,15)16/h7-8H,5-6H2,1-4H3. The van der Waals surface area contributed by atoms with Gasteiger partial charge in [0, 0.05) is 38.1 Å². The number of hydrogen-bond acceptors (Lipinski definition) is 2. The smallest absolute Gasteiger partial charge is 0.389 e. The van der Waals surface area contributed by atoms with Gasteiger partial charge < -0.3 is 8.85 Å². The summed E-state index contributed by atoms with van der Waals surface area (Å²) in [5.41, 5.74) is -2.25. The second-order valence-corrected chi connectivity index (χ2v) is 8.80. The number of rotatable bonds is 6. The average Bonchev–Trinajstić information content (AvgIpc) is 2.14. The third-order valence-electron chi connectivity index (χ3n) is 3.09. The quantitative estimate of drug-likeness (QED) is 0.534. The Kier molecular flexibility index (Phi) is 6.35. The summed E-state index contributed by atoms with van der Waals surface area (Å²) in [7, 11) is -1.40. The lowest BCUT2D eigenvalue weighted by molar-refractivity contribution is -0.139. The Morgan fingerprint density at radius 1 is 0.789 bits per heavy atom. The van der Waals surface area contributed by atoms with Gasteiger partial charge in [-0.15, -0.1) is 0 Å². The van der Waals surface area contributed by atoms with Crippen LogP contribution in [0.25, 0.3) is 0 Å². The van der Waals surface area contributed by atoms with Gasteiger partial charge >= 0.3 is 20.9 Å². The fourth-order valence-corrected chi connectivity index (χ4v) is 6.13. The van der Waals surface area contributed by atoms with E-state index < -0.39 is 44.8 Å². The molecule has 2 atom stereocenters. The first-order valence-electron chi connectivity index (χ1n) is 5.61. The molecule has 2 nitrogen and oxygen atoms in total. The molecular weight excluding hydrogens is 294 g/mol. The van der Waals surface area contributed by atoms with Gasteiger partial charge in [0.05, 0.1) is 0 Å². The molecule has 0 amide bonds. The van der Waals surface area contributed by atoms with E-state index in [1.165, 1.54) is 13.8 Å². The van der Waals surface area contributed by atoms with Crippen LogP contribution in [0, 0.1) is 0 Å². The highest BCUT2D eigenvalue weighted by Gasteiger charge is 2.53. The van der Waals surface area contributed by atoms with Crippen LogP contribution in [0.4, 0.5) is 26.3 Å². The molecular formula is C10H18F6O2Si. The van der Waals surface area contributed by atoms with Gasteiger partial charge in [0.2, 0.25) is 0 Å². The lowest BCUT2D eigenvalue weighted by Gasteiger charge is -2.38. The maximum Gasteiger partial charge on any atom is 0.389 e. The number of alkyl halides is 6. The van der Waals surface area contributed by atoms with Gasteiger partial charge in [0.15, 0.2) is 0 Å². The van der Waals surface area contributed by atoms with E-state index in [4.69, 9.17) is 8.85 Å². The van der Waals surface area contributed by atoms with Crippen molar-refractivity contribution in [3.63, 3.8) is 0 Å². The molecule has 0 radical (unpaired) electrons. The molecule has 9 heteroatoms. The number of halogens is 6. The second-order valence-electron chi connectivity index (χ2n) is 4.57. The first kappa shape index (κ1) is 18.7. The molecule has 0 fully saturated rings. The fourth-order valence-electron chi connectivity index (χ4n) is 2.35. The molecule has 2 unspecified atom stereocenters. The lowest BCUT2D eigenvalue weighted by atomic mass is 10.3. The minimum Gasteiger partial charge on any atom is -0.397 e. The summed E-state index contributed by atoms with van der Waals surface area (Å²) in [5.74, 6) is 0. The average molecular weight is 312 g/mol. The highest BCUT2D eigenvalue weighted by atomic mass is 28.4. The molecule has 0 N–H and O–H groups in total. The van der Waals surface area contributed by atoms with Crippen molar-refractivity contribution in [1.82, 2.24) is 0 Å². The van der Waals surface area contributed by atoms with E-state index in [-0.39, 0.29) is 0 Å². The Bertz CT molecular complexity index is 250. The van der Waals surface area contributed by atoms with Gasteiger partial charge in [-0.25, -0.2) is 0 Å². The number of hydrogen-bond donors (Lipinski definition) is 0. The highest BCUT2D eigenvalue weighted by Crippen LogP contribution is 2.44. The first-order chi connectivity index (χ1) is 8.38. The summed E-state index contributed by atoms with van der Waals surface area (Å²) in [4.78, 5) is 0. The van der Waals surface area contributed by atoms with Crippen molar-refractivity contribution in [2.45, 2.75) is 50.1 Å². The predicted octanol–water partition coefficient (Wildman–Crippen LogP) is 4.41. The molecule has 116 valence electrons. The van der Waals surface area contributed by atoms with E-state index in [0.29, 0.717) is 0 Å². The van der Waals surface area contributed by atoms with Crippen molar-refractivity contribution in [2.75, 3.05) is 14.2 Å². The first-order valence-corrected chi connectivity index (χ1v) is 7.59. The van der Waals surface area contributed by atoms with Crippen molar-refractivity contribution in [3.8, 4) is 0 Å². The highest BCUT2D eigenvalue weighted by molar-refractivity contribution is 6.70. The van der Waals surface area contributed by atoms with Crippen LogP contribution in [-0.2, 0) is 8.85 Å². The Balaban J connectivity index is 5.12. The topological polar surface area (TPSA) is 18.5 Å². The van der Waals surface area contributed by atoms with Crippen molar-refractivity contribution >= 4 is 8.56 Å². The van der Waals surface area contributed by atoms with Gasteiger partial charge in [-0.1, -0.05) is 13.8 Å². The van der Waals surface area contributed by atoms with E-state index in [1.807, 2.05) is 0 Å². The van der Waals surface area contributed by atoms with E-state index in [2.05, 4.69) is 0 Å². The largest absolute Gasteiger partial charge is 0.397 e. The van der Waals surface area contributed by atoms with Crippen LogP contribution >= 0.6 is 0 Å². The monoisotopic (exact) mass is 312 g/mol. The molecule has 0 saturated carbocycles. The predicted molar refractivity (Wildman–Crippen MR) is 60.0 cm³/mol. The van der Waals surface area contributed by atoms with E-state index in [9.17, 15) is 26.3 Å². The van der Waals surface area contributed by atoms with Crippen LogP contribution in [0.1, 0.15) is 26.7 Å². The summed E-state index contributed by atoms with van der Waals surface area (Å²) in [6.45, 7) is 2.44. The molecule has 0 saturated heterocycles. The Hall–Kier alpha value is -0.283. The summed E-state index contributed by atoms with van der Waals surface area (Å²) in [6, 6.07) is 0. The van der Waals surface area contributed by atoms with Crippen molar-refractivity contribution < 1.29 is 35.2 Å². The summed E-state index contributed by atoms with van der Waals surface area (Å²) in [6.07, 6.45) is -11.4. The zero-order chi connectivity index (χ0) is 15.5. The zero-order valence-electron chi connectivity index (χ0n) is 11.2. The van der Waals surface area contributed by atoms with Gasteiger partial charge in [-0.05, 0) is 0 Å². The summed E-state index contributed by atoms with van der Waals surface area (Å²) in [5, 5.41) is 0. The molecule has 0 spiro atoms. The molecule has 0 aliphatic rings. The molecule has 19 heavy (non-hydrogen) atoms. The molecule has 0 heterocycles. The molecule has 0 rings (SSSR count). The van der Waals surface area contributed by atoms with E-state index >= 15 is 0 Å². The summed E-state index contributed by atoms with van der Waals surface area (Å²) < 4.78 is 84.4. The maximum absolute atomic E-state index is 12.4. The van der Waals surface area contributed by atoms with Crippen LogP contribution in [0.5, 0.6) is 0 Å². The molecule has 0 aromatic rings. The van der Waals surface area contributed by atoms with E-state index in [1.54, 1.807) is 0 Å². The normalized spacial score (nSPS) is 17.4. The van der Waals surface area contributed by atoms with Crippen LogP contribution in [0.3, 0.4) is 0 Å². The molecule has 0 aliphatic carbocycles. The van der Waals surface area contributed by atoms with Crippen LogP contribution in [-0.4, -0.2) is 35.1 Å². The third-order valence-corrected chi connectivity index (χ3v) is 7.52. The minimum absolute atomic E-state index is 1.11. The Morgan fingerprint density at radius 2 is 1.05 bits per heavy atom.